The summed E-state index contributed by atoms with van der Waals surface area (Å²) in [6.07, 6.45) is 8.87. The van der Waals surface area contributed by atoms with Crippen molar-refractivity contribution in [1.29, 1.82) is 0 Å². The molecule has 0 atom stereocenters. The Morgan fingerprint density at radius 1 is 1.06 bits per heavy atom. The summed E-state index contributed by atoms with van der Waals surface area (Å²) >= 11 is 0. The van der Waals surface area contributed by atoms with Gasteiger partial charge in [0.05, 0.1) is 0 Å². The first-order chi connectivity index (χ1) is 8.48. The van der Waals surface area contributed by atoms with E-state index in [9.17, 15) is 0 Å². The molecule has 1 aliphatic carbocycles. The van der Waals surface area contributed by atoms with Crippen LogP contribution in [0.3, 0.4) is 0 Å². The molecule has 0 aromatic heterocycles. The van der Waals surface area contributed by atoms with E-state index in [1.807, 2.05) is 0 Å². The maximum absolute atomic E-state index is 2.29. The lowest BCUT2D eigenvalue weighted by Gasteiger charge is -2.25. The smallest absolute Gasteiger partial charge is 0.0405 e. The molecular formula is C17H23N. The van der Waals surface area contributed by atoms with E-state index in [4.69, 9.17) is 0 Å². The van der Waals surface area contributed by atoms with Gasteiger partial charge in [-0.15, -0.1) is 0 Å². The summed E-state index contributed by atoms with van der Waals surface area (Å²) in [6.45, 7) is 6.75. The van der Waals surface area contributed by atoms with E-state index in [0.29, 0.717) is 0 Å². The Kier molecular flexibility index (Phi) is 3.60. The van der Waals surface area contributed by atoms with Crippen molar-refractivity contribution in [3.05, 3.63) is 53.8 Å². The Hall–Kier alpha value is -1.50. The van der Waals surface area contributed by atoms with Crippen LogP contribution in [0.4, 0.5) is 5.69 Å². The van der Waals surface area contributed by atoms with Crippen molar-refractivity contribution in [2.24, 2.45) is 0 Å². The third kappa shape index (κ3) is 2.84. The molecule has 0 saturated carbocycles. The minimum atomic E-state index is 0.226. The van der Waals surface area contributed by atoms with E-state index in [2.05, 4.69) is 75.2 Å². The highest BCUT2D eigenvalue weighted by Gasteiger charge is 2.14. The minimum Gasteiger partial charge on any atom is -0.348 e. The van der Waals surface area contributed by atoms with Gasteiger partial charge in [0.25, 0.3) is 0 Å². The quantitative estimate of drug-likeness (QED) is 0.728. The molecule has 1 nitrogen and oxygen atoms in total. The fourth-order valence-corrected chi connectivity index (χ4v) is 2.22. The Labute approximate surface area is 111 Å². The highest BCUT2D eigenvalue weighted by atomic mass is 15.1. The lowest BCUT2D eigenvalue weighted by Crippen LogP contribution is -2.17. The van der Waals surface area contributed by atoms with Gasteiger partial charge in [-0.2, -0.15) is 0 Å². The van der Waals surface area contributed by atoms with Gasteiger partial charge in [0.1, 0.15) is 0 Å². The van der Waals surface area contributed by atoms with Crippen LogP contribution in [0.1, 0.15) is 39.2 Å². The molecule has 1 aromatic rings. The molecule has 1 aromatic carbocycles. The Bertz CT molecular complexity index is 457. The predicted octanol–water partition coefficient (Wildman–Crippen LogP) is 4.65. The van der Waals surface area contributed by atoms with Gasteiger partial charge in [-0.05, 0) is 42.0 Å². The first kappa shape index (κ1) is 12.9. The lowest BCUT2D eigenvalue weighted by atomic mass is 9.87. The van der Waals surface area contributed by atoms with Crippen LogP contribution in [0.25, 0.3) is 0 Å². The van der Waals surface area contributed by atoms with E-state index < -0.39 is 0 Å². The highest BCUT2D eigenvalue weighted by Crippen LogP contribution is 2.27. The van der Waals surface area contributed by atoms with Crippen LogP contribution >= 0.6 is 0 Å². The van der Waals surface area contributed by atoms with E-state index >= 15 is 0 Å². The molecule has 0 amide bonds. The Morgan fingerprint density at radius 2 is 1.72 bits per heavy atom. The highest BCUT2D eigenvalue weighted by molar-refractivity contribution is 5.53. The molecule has 0 fully saturated rings. The zero-order valence-electron chi connectivity index (χ0n) is 11.9. The average Bonchev–Trinajstić information content (AvgIpc) is 2.38. The molecule has 0 unspecified atom stereocenters. The molecule has 18 heavy (non-hydrogen) atoms. The van der Waals surface area contributed by atoms with Gasteiger partial charge in [-0.3, -0.25) is 0 Å². The molecule has 0 aliphatic heterocycles. The van der Waals surface area contributed by atoms with E-state index in [-0.39, 0.29) is 5.41 Å². The largest absolute Gasteiger partial charge is 0.348 e. The van der Waals surface area contributed by atoms with Crippen LogP contribution in [0.2, 0.25) is 0 Å². The van der Waals surface area contributed by atoms with Crippen molar-refractivity contribution >= 4 is 5.69 Å². The maximum Gasteiger partial charge on any atom is 0.0405 e. The number of anilines is 1. The van der Waals surface area contributed by atoms with Crippen LogP contribution < -0.4 is 4.90 Å². The van der Waals surface area contributed by atoms with Gasteiger partial charge in [-0.1, -0.05) is 45.1 Å². The van der Waals surface area contributed by atoms with Crippen molar-refractivity contribution in [2.45, 2.75) is 39.0 Å². The average molecular weight is 241 g/mol. The molecule has 1 heteroatoms. The van der Waals surface area contributed by atoms with Gasteiger partial charge in [-0.25, -0.2) is 0 Å². The van der Waals surface area contributed by atoms with E-state index in [1.165, 1.54) is 16.9 Å². The zero-order valence-corrected chi connectivity index (χ0v) is 11.9. The fourth-order valence-electron chi connectivity index (χ4n) is 2.22. The van der Waals surface area contributed by atoms with Gasteiger partial charge < -0.3 is 4.90 Å². The molecule has 0 saturated heterocycles. The first-order valence-electron chi connectivity index (χ1n) is 6.68. The van der Waals surface area contributed by atoms with Crippen molar-refractivity contribution in [1.82, 2.24) is 0 Å². The SMILES string of the molecule is CN(C1=CC=CCC1)c1ccc(C(C)(C)C)cc1. The number of rotatable bonds is 2. The zero-order chi connectivity index (χ0) is 13.2. The van der Waals surface area contributed by atoms with Crippen LogP contribution in [-0.4, -0.2) is 7.05 Å². The van der Waals surface area contributed by atoms with E-state index in [1.54, 1.807) is 0 Å². The summed E-state index contributed by atoms with van der Waals surface area (Å²) in [7, 11) is 2.15. The molecule has 0 N–H and O–H groups in total. The van der Waals surface area contributed by atoms with Gasteiger partial charge in [0.2, 0.25) is 0 Å². The van der Waals surface area contributed by atoms with Crippen molar-refractivity contribution < 1.29 is 0 Å². The second-order valence-electron chi connectivity index (χ2n) is 5.98. The van der Waals surface area contributed by atoms with E-state index in [0.717, 1.165) is 12.8 Å². The number of nitrogens with zero attached hydrogens (tertiary/aromatic N) is 1. The monoisotopic (exact) mass is 241 g/mol. The molecule has 0 heterocycles. The van der Waals surface area contributed by atoms with Crippen LogP contribution in [0, 0.1) is 0 Å². The summed E-state index contributed by atoms with van der Waals surface area (Å²) in [5.74, 6) is 0. The van der Waals surface area contributed by atoms with Crippen LogP contribution in [0.5, 0.6) is 0 Å². The number of hydrogen-bond donors (Lipinski definition) is 0. The summed E-state index contributed by atoms with van der Waals surface area (Å²) in [5, 5.41) is 0. The Morgan fingerprint density at radius 3 is 2.22 bits per heavy atom. The summed E-state index contributed by atoms with van der Waals surface area (Å²) in [5.41, 5.74) is 4.27. The van der Waals surface area contributed by atoms with Crippen molar-refractivity contribution in [3.63, 3.8) is 0 Å². The topological polar surface area (TPSA) is 3.24 Å². The molecule has 2 rings (SSSR count). The predicted molar refractivity (Wildman–Crippen MR) is 80.0 cm³/mol. The standard InChI is InChI=1S/C17H23N/c1-17(2,3)14-10-12-16(13-11-14)18(4)15-8-6-5-7-9-15/h5-6,8,10-13H,7,9H2,1-4H3. The normalized spacial score (nSPS) is 15.4. The fraction of sp³-hybridized carbons (Fsp3) is 0.412. The van der Waals surface area contributed by atoms with Crippen molar-refractivity contribution in [2.75, 3.05) is 11.9 Å². The summed E-state index contributed by atoms with van der Waals surface area (Å²) in [6, 6.07) is 8.93. The Balaban J connectivity index is 2.19. The summed E-state index contributed by atoms with van der Waals surface area (Å²) < 4.78 is 0. The van der Waals surface area contributed by atoms with Gasteiger partial charge >= 0.3 is 0 Å². The molecule has 0 radical (unpaired) electrons. The molecule has 0 spiro atoms. The maximum atomic E-state index is 2.29. The summed E-state index contributed by atoms with van der Waals surface area (Å²) in [4.78, 5) is 2.29. The molecule has 0 bridgehead atoms. The minimum absolute atomic E-state index is 0.226. The second kappa shape index (κ2) is 5.01. The van der Waals surface area contributed by atoms with Gasteiger partial charge in [0.15, 0.2) is 0 Å². The number of hydrogen-bond acceptors (Lipinski definition) is 1. The van der Waals surface area contributed by atoms with Gasteiger partial charge in [0, 0.05) is 18.4 Å². The van der Waals surface area contributed by atoms with Crippen LogP contribution in [-0.2, 0) is 5.41 Å². The number of allylic oxidation sites excluding steroid dienone is 4. The second-order valence-corrected chi connectivity index (χ2v) is 5.98. The number of benzene rings is 1. The first-order valence-corrected chi connectivity index (χ1v) is 6.68. The molecular weight excluding hydrogens is 218 g/mol. The van der Waals surface area contributed by atoms with Crippen LogP contribution in [0.15, 0.2) is 48.2 Å². The van der Waals surface area contributed by atoms with Crippen molar-refractivity contribution in [3.8, 4) is 0 Å². The lowest BCUT2D eigenvalue weighted by molar-refractivity contribution is 0.590. The third-order valence-electron chi connectivity index (χ3n) is 3.54. The molecule has 1 aliphatic rings. The third-order valence-corrected chi connectivity index (χ3v) is 3.54. The molecule has 96 valence electrons.